The normalized spacial score (nSPS) is 11.4. The molecule has 3 nitrogen and oxygen atoms in total. The lowest BCUT2D eigenvalue weighted by Gasteiger charge is -2.10. The van der Waals surface area contributed by atoms with Gasteiger partial charge in [0, 0.05) is 0 Å². The lowest BCUT2D eigenvalue weighted by Crippen LogP contribution is -2.13. The quantitative estimate of drug-likeness (QED) is 0.844. The van der Waals surface area contributed by atoms with E-state index in [4.69, 9.17) is 0 Å². The molecule has 0 bridgehead atoms. The summed E-state index contributed by atoms with van der Waals surface area (Å²) < 4.78 is 52.5. The van der Waals surface area contributed by atoms with Crippen LogP contribution in [0.15, 0.2) is 45.8 Å². The predicted molar refractivity (Wildman–Crippen MR) is 76.0 cm³/mol. The van der Waals surface area contributed by atoms with Gasteiger partial charge in [0.15, 0.2) is 11.6 Å². The Morgan fingerprint density at radius 1 is 1.05 bits per heavy atom. The highest BCUT2D eigenvalue weighted by Crippen LogP contribution is 2.29. The average molecular weight is 362 g/mol. The summed E-state index contributed by atoms with van der Waals surface area (Å²) in [6, 6.07) is 8.17. The van der Waals surface area contributed by atoms with E-state index in [1.807, 2.05) is 6.92 Å². The van der Waals surface area contributed by atoms with Crippen LogP contribution in [0.3, 0.4) is 0 Å². The topological polar surface area (TPSA) is 46.2 Å². The first kappa shape index (κ1) is 14.9. The Bertz CT molecular complexity index is 746. The number of benzene rings is 2. The van der Waals surface area contributed by atoms with E-state index in [0.29, 0.717) is 0 Å². The van der Waals surface area contributed by atoms with Gasteiger partial charge in [0.1, 0.15) is 0 Å². The summed E-state index contributed by atoms with van der Waals surface area (Å²) in [7, 11) is -3.85. The third-order valence-electron chi connectivity index (χ3n) is 2.61. The van der Waals surface area contributed by atoms with Crippen molar-refractivity contribution in [1.82, 2.24) is 0 Å². The minimum Gasteiger partial charge on any atom is -0.278 e. The Kier molecular flexibility index (Phi) is 4.10. The van der Waals surface area contributed by atoms with Crippen LogP contribution in [0.4, 0.5) is 14.5 Å². The van der Waals surface area contributed by atoms with E-state index in [1.54, 1.807) is 12.1 Å². The molecule has 0 aliphatic rings. The number of sulfonamides is 1. The molecule has 0 saturated heterocycles. The predicted octanol–water partition coefficient (Wildman–Crippen LogP) is 3.84. The summed E-state index contributed by atoms with van der Waals surface area (Å²) >= 11 is 2.83. The summed E-state index contributed by atoms with van der Waals surface area (Å²) in [6.07, 6.45) is 0. The summed E-state index contributed by atoms with van der Waals surface area (Å²) in [5, 5.41) is 0. The molecule has 0 saturated carbocycles. The van der Waals surface area contributed by atoms with E-state index in [9.17, 15) is 17.2 Å². The summed E-state index contributed by atoms with van der Waals surface area (Å²) in [5.74, 6) is -2.20. The van der Waals surface area contributed by atoms with Gasteiger partial charge in [-0.15, -0.1) is 0 Å². The van der Waals surface area contributed by atoms with Crippen molar-refractivity contribution < 1.29 is 17.2 Å². The van der Waals surface area contributed by atoms with Gasteiger partial charge in [-0.3, -0.25) is 4.72 Å². The molecule has 0 heterocycles. The van der Waals surface area contributed by atoms with Gasteiger partial charge in [0.2, 0.25) is 0 Å². The average Bonchev–Trinajstić information content (AvgIpc) is 2.40. The van der Waals surface area contributed by atoms with Crippen molar-refractivity contribution in [3.05, 3.63) is 58.1 Å². The molecule has 2 aromatic rings. The van der Waals surface area contributed by atoms with Gasteiger partial charge >= 0.3 is 0 Å². The van der Waals surface area contributed by atoms with Crippen molar-refractivity contribution in [2.75, 3.05) is 4.72 Å². The largest absolute Gasteiger partial charge is 0.278 e. The third-order valence-corrected chi connectivity index (χ3v) is 4.77. The Morgan fingerprint density at radius 2 is 1.65 bits per heavy atom. The Morgan fingerprint density at radius 3 is 2.25 bits per heavy atom. The fourth-order valence-electron chi connectivity index (χ4n) is 1.53. The molecule has 106 valence electrons. The molecule has 7 heteroatoms. The molecule has 2 aromatic carbocycles. The van der Waals surface area contributed by atoms with Crippen LogP contribution in [-0.4, -0.2) is 8.42 Å². The molecular formula is C13H10BrF2NO2S. The van der Waals surface area contributed by atoms with Crippen LogP contribution in [0.2, 0.25) is 0 Å². The maximum absolute atomic E-state index is 13.4. The fraction of sp³-hybridized carbons (Fsp3) is 0.0769. The maximum atomic E-state index is 13.4. The number of nitrogens with one attached hydrogen (secondary N) is 1. The molecule has 0 radical (unpaired) electrons. The summed E-state index contributed by atoms with van der Waals surface area (Å²) in [4.78, 5) is 0.0414. The second-order valence-electron chi connectivity index (χ2n) is 4.14. The van der Waals surface area contributed by atoms with E-state index < -0.39 is 21.7 Å². The number of anilines is 1. The van der Waals surface area contributed by atoms with Crippen LogP contribution in [0.1, 0.15) is 5.56 Å². The highest BCUT2D eigenvalue weighted by Gasteiger charge is 2.18. The minimum absolute atomic E-state index is 0.0414. The van der Waals surface area contributed by atoms with Crippen molar-refractivity contribution in [2.24, 2.45) is 0 Å². The Labute approximate surface area is 123 Å². The molecule has 1 N–H and O–H groups in total. The van der Waals surface area contributed by atoms with Crippen LogP contribution < -0.4 is 4.72 Å². The van der Waals surface area contributed by atoms with Crippen LogP contribution in [0, 0.1) is 18.6 Å². The van der Waals surface area contributed by atoms with E-state index in [1.165, 1.54) is 12.1 Å². The molecule has 0 atom stereocenters. The Balaban J connectivity index is 2.38. The molecule has 20 heavy (non-hydrogen) atoms. The Hall–Kier alpha value is -1.47. The van der Waals surface area contributed by atoms with Gasteiger partial charge in [-0.05, 0) is 47.1 Å². The molecule has 0 fully saturated rings. The standard InChI is InChI=1S/C13H10BrF2NO2S/c1-8-2-4-9(5-3-8)20(18,19)17-11-7-6-10(15)13(16)12(11)14/h2-7,17H,1H3. The lowest BCUT2D eigenvalue weighted by atomic mass is 10.2. The second-order valence-corrected chi connectivity index (χ2v) is 6.62. The maximum Gasteiger partial charge on any atom is 0.261 e. The summed E-state index contributed by atoms with van der Waals surface area (Å²) in [6.45, 7) is 1.83. The first-order valence-corrected chi connectivity index (χ1v) is 7.82. The van der Waals surface area contributed by atoms with Crippen LogP contribution in [-0.2, 0) is 10.0 Å². The van der Waals surface area contributed by atoms with E-state index in [-0.39, 0.29) is 15.1 Å². The van der Waals surface area contributed by atoms with E-state index >= 15 is 0 Å². The van der Waals surface area contributed by atoms with Gasteiger partial charge in [0.25, 0.3) is 10.0 Å². The van der Waals surface area contributed by atoms with Crippen LogP contribution in [0.5, 0.6) is 0 Å². The number of rotatable bonds is 3. The van der Waals surface area contributed by atoms with Gasteiger partial charge in [-0.1, -0.05) is 17.7 Å². The zero-order valence-corrected chi connectivity index (χ0v) is 12.7. The first-order valence-electron chi connectivity index (χ1n) is 5.54. The van der Waals surface area contributed by atoms with Crippen LogP contribution in [0.25, 0.3) is 0 Å². The van der Waals surface area contributed by atoms with Crippen LogP contribution >= 0.6 is 15.9 Å². The minimum atomic E-state index is -3.85. The molecule has 0 aromatic heterocycles. The molecule has 0 spiro atoms. The smallest absolute Gasteiger partial charge is 0.261 e. The lowest BCUT2D eigenvalue weighted by molar-refractivity contribution is 0.505. The number of aryl methyl sites for hydroxylation is 1. The van der Waals surface area contributed by atoms with Crippen molar-refractivity contribution in [3.63, 3.8) is 0 Å². The monoisotopic (exact) mass is 361 g/mol. The zero-order chi connectivity index (χ0) is 14.9. The van der Waals surface area contributed by atoms with Crippen molar-refractivity contribution in [1.29, 1.82) is 0 Å². The second kappa shape index (κ2) is 5.49. The van der Waals surface area contributed by atoms with Gasteiger partial charge < -0.3 is 0 Å². The van der Waals surface area contributed by atoms with E-state index in [0.717, 1.165) is 17.7 Å². The van der Waals surface area contributed by atoms with E-state index in [2.05, 4.69) is 20.7 Å². The molecule has 0 unspecified atom stereocenters. The summed E-state index contributed by atoms with van der Waals surface area (Å²) in [5.41, 5.74) is 0.849. The molecule has 0 aliphatic carbocycles. The number of hydrogen-bond donors (Lipinski definition) is 1. The highest BCUT2D eigenvalue weighted by molar-refractivity contribution is 9.10. The zero-order valence-electron chi connectivity index (χ0n) is 10.3. The number of halogens is 3. The van der Waals surface area contributed by atoms with Crippen molar-refractivity contribution in [2.45, 2.75) is 11.8 Å². The van der Waals surface area contributed by atoms with Crippen molar-refractivity contribution >= 4 is 31.6 Å². The molecule has 2 rings (SSSR count). The van der Waals surface area contributed by atoms with Gasteiger partial charge in [-0.2, -0.15) is 0 Å². The van der Waals surface area contributed by atoms with Gasteiger partial charge in [-0.25, -0.2) is 17.2 Å². The molecule has 0 aliphatic heterocycles. The fourth-order valence-corrected chi connectivity index (χ4v) is 3.15. The van der Waals surface area contributed by atoms with Gasteiger partial charge in [0.05, 0.1) is 15.1 Å². The highest BCUT2D eigenvalue weighted by atomic mass is 79.9. The van der Waals surface area contributed by atoms with Crippen molar-refractivity contribution in [3.8, 4) is 0 Å². The third kappa shape index (κ3) is 2.99. The SMILES string of the molecule is Cc1ccc(S(=O)(=O)Nc2ccc(F)c(F)c2Br)cc1. The molecule has 0 amide bonds. The molecular weight excluding hydrogens is 352 g/mol. The number of hydrogen-bond acceptors (Lipinski definition) is 2. The first-order chi connectivity index (χ1) is 9.31.